The van der Waals surface area contributed by atoms with Crippen LogP contribution >= 0.6 is 11.6 Å². The summed E-state index contributed by atoms with van der Waals surface area (Å²) in [5.74, 6) is -0.192. The number of carbonyl (C=O) groups is 1. The first-order valence-electron chi connectivity index (χ1n) is 8.32. The molecule has 1 saturated heterocycles. The molecule has 0 radical (unpaired) electrons. The van der Waals surface area contributed by atoms with E-state index >= 15 is 0 Å². The number of halogens is 2. The van der Waals surface area contributed by atoms with Crippen LogP contribution in [0.1, 0.15) is 27.2 Å². The van der Waals surface area contributed by atoms with Gasteiger partial charge < -0.3 is 14.2 Å². The number of likely N-dealkylation sites (tertiary alicyclic amines) is 1. The van der Waals surface area contributed by atoms with Crippen LogP contribution < -0.4 is 0 Å². The molecule has 2 atom stereocenters. The maximum atomic E-state index is 14.6. The molecule has 3 heterocycles. The lowest BCUT2D eigenvalue weighted by Crippen LogP contribution is -2.47. The summed E-state index contributed by atoms with van der Waals surface area (Å²) in [6.45, 7) is 6.42. The number of hydrogen-bond acceptors (Lipinski definition) is 4. The Kier molecular flexibility index (Phi) is 4.86. The zero-order chi connectivity index (χ0) is 18.2. The van der Waals surface area contributed by atoms with Crippen LogP contribution in [0.25, 0.3) is 11.0 Å². The molecule has 1 amide bonds. The van der Waals surface area contributed by atoms with E-state index in [4.69, 9.17) is 16.3 Å². The Hall–Kier alpha value is -1.89. The molecule has 0 aromatic carbocycles. The minimum atomic E-state index is -1.11. The van der Waals surface area contributed by atoms with Gasteiger partial charge in [-0.3, -0.25) is 0 Å². The van der Waals surface area contributed by atoms with E-state index in [1.165, 1.54) is 11.2 Å². The van der Waals surface area contributed by atoms with Gasteiger partial charge in [-0.2, -0.15) is 0 Å². The molecule has 136 valence electrons. The average Bonchev–Trinajstić information content (AvgIpc) is 2.92. The van der Waals surface area contributed by atoms with Gasteiger partial charge in [-0.25, -0.2) is 19.2 Å². The van der Waals surface area contributed by atoms with Gasteiger partial charge in [0.2, 0.25) is 0 Å². The number of aromatic nitrogens is 3. The highest BCUT2D eigenvalue weighted by Crippen LogP contribution is 2.27. The lowest BCUT2D eigenvalue weighted by molar-refractivity contribution is 0.00395. The van der Waals surface area contributed by atoms with Gasteiger partial charge in [0.1, 0.15) is 28.9 Å². The molecule has 1 aliphatic heterocycles. The Morgan fingerprint density at radius 1 is 1.44 bits per heavy atom. The number of alkyl halides is 1. The van der Waals surface area contributed by atoms with Crippen molar-refractivity contribution in [2.24, 2.45) is 5.92 Å². The molecule has 0 unspecified atom stereocenters. The quantitative estimate of drug-likeness (QED) is 0.759. The van der Waals surface area contributed by atoms with E-state index in [9.17, 15) is 9.18 Å². The van der Waals surface area contributed by atoms with Crippen molar-refractivity contribution in [3.05, 3.63) is 23.7 Å². The molecule has 2 aromatic rings. The first kappa shape index (κ1) is 17.9. The highest BCUT2D eigenvalue weighted by molar-refractivity contribution is 6.33. The summed E-state index contributed by atoms with van der Waals surface area (Å²) in [6, 6.07) is 1.83. The molecule has 1 aliphatic rings. The zero-order valence-corrected chi connectivity index (χ0v) is 15.3. The SMILES string of the molecule is CC(C)(C)OC(=O)N1CC[C@@H](Cn2ccc3c(Cl)ncnc32)[C@H](F)C1. The third-order valence-corrected chi connectivity index (χ3v) is 4.57. The van der Waals surface area contributed by atoms with Crippen LogP contribution in [0.2, 0.25) is 5.15 Å². The molecule has 8 heteroatoms. The van der Waals surface area contributed by atoms with Gasteiger partial charge in [-0.1, -0.05) is 11.6 Å². The minimum absolute atomic E-state index is 0.0501. The molecule has 0 N–H and O–H groups in total. The van der Waals surface area contributed by atoms with Crippen molar-refractivity contribution in [3.63, 3.8) is 0 Å². The molecule has 2 aromatic heterocycles. The number of amides is 1. The zero-order valence-electron chi connectivity index (χ0n) is 14.6. The lowest BCUT2D eigenvalue weighted by Gasteiger charge is -2.35. The van der Waals surface area contributed by atoms with Crippen molar-refractivity contribution in [2.75, 3.05) is 13.1 Å². The maximum absolute atomic E-state index is 14.6. The molecule has 25 heavy (non-hydrogen) atoms. The lowest BCUT2D eigenvalue weighted by atomic mass is 9.95. The van der Waals surface area contributed by atoms with E-state index in [1.807, 2.05) is 16.8 Å². The predicted octanol–water partition coefficient (Wildman–Crippen LogP) is 3.68. The van der Waals surface area contributed by atoms with Crippen LogP contribution in [0.15, 0.2) is 18.6 Å². The second-order valence-electron chi connectivity index (χ2n) is 7.36. The van der Waals surface area contributed by atoms with E-state index in [0.717, 1.165) is 5.39 Å². The summed E-state index contributed by atoms with van der Waals surface area (Å²) >= 11 is 6.05. The maximum Gasteiger partial charge on any atom is 0.410 e. The smallest absolute Gasteiger partial charge is 0.410 e. The molecule has 3 rings (SSSR count). The summed E-state index contributed by atoms with van der Waals surface area (Å²) in [6.07, 6.45) is 2.24. The van der Waals surface area contributed by atoms with Gasteiger partial charge in [-0.05, 0) is 33.3 Å². The summed E-state index contributed by atoms with van der Waals surface area (Å²) in [7, 11) is 0. The van der Waals surface area contributed by atoms with Crippen molar-refractivity contribution in [2.45, 2.75) is 45.5 Å². The van der Waals surface area contributed by atoms with Crippen molar-refractivity contribution in [1.29, 1.82) is 0 Å². The Bertz CT molecular complexity index is 774. The van der Waals surface area contributed by atoms with Crippen LogP contribution in [0.5, 0.6) is 0 Å². The van der Waals surface area contributed by atoms with Crippen molar-refractivity contribution >= 4 is 28.7 Å². The van der Waals surface area contributed by atoms with Crippen LogP contribution in [0, 0.1) is 5.92 Å². The number of hydrogen-bond donors (Lipinski definition) is 0. The Morgan fingerprint density at radius 3 is 2.88 bits per heavy atom. The van der Waals surface area contributed by atoms with Gasteiger partial charge >= 0.3 is 6.09 Å². The number of carbonyl (C=O) groups excluding carboxylic acids is 1. The fourth-order valence-corrected chi connectivity index (χ4v) is 3.22. The largest absolute Gasteiger partial charge is 0.444 e. The van der Waals surface area contributed by atoms with Gasteiger partial charge in [0.15, 0.2) is 0 Å². The van der Waals surface area contributed by atoms with E-state index < -0.39 is 17.9 Å². The van der Waals surface area contributed by atoms with E-state index in [0.29, 0.717) is 30.3 Å². The third-order valence-electron chi connectivity index (χ3n) is 4.27. The Morgan fingerprint density at radius 2 is 2.20 bits per heavy atom. The molecular weight excluding hydrogens is 347 g/mol. The second-order valence-corrected chi connectivity index (χ2v) is 7.72. The van der Waals surface area contributed by atoms with Crippen molar-refractivity contribution < 1.29 is 13.9 Å². The second kappa shape index (κ2) is 6.78. The number of ether oxygens (including phenoxy) is 1. The van der Waals surface area contributed by atoms with Crippen LogP contribution in [-0.2, 0) is 11.3 Å². The monoisotopic (exact) mass is 368 g/mol. The van der Waals surface area contributed by atoms with Crippen molar-refractivity contribution in [1.82, 2.24) is 19.4 Å². The third kappa shape index (κ3) is 4.03. The van der Waals surface area contributed by atoms with Crippen LogP contribution in [0.3, 0.4) is 0 Å². The normalized spacial score (nSPS) is 21.6. The Balaban J connectivity index is 1.66. The Labute approximate surface area is 150 Å². The molecule has 1 fully saturated rings. The molecule has 0 bridgehead atoms. The first-order chi connectivity index (χ1) is 11.7. The summed E-state index contributed by atoms with van der Waals surface area (Å²) in [5.41, 5.74) is 0.116. The summed E-state index contributed by atoms with van der Waals surface area (Å²) < 4.78 is 21.9. The fraction of sp³-hybridized carbons (Fsp3) is 0.588. The molecule has 0 saturated carbocycles. The highest BCUT2D eigenvalue weighted by Gasteiger charge is 2.34. The van der Waals surface area contributed by atoms with Crippen molar-refractivity contribution in [3.8, 4) is 0 Å². The fourth-order valence-electron chi connectivity index (χ4n) is 3.02. The van der Waals surface area contributed by atoms with E-state index in [2.05, 4.69) is 9.97 Å². The topological polar surface area (TPSA) is 60.2 Å². The standard InChI is InChI=1S/C17H22ClFN4O2/c1-17(2,3)25-16(24)23-6-4-11(13(19)9-23)8-22-7-5-12-14(18)20-10-21-15(12)22/h5,7,10-11,13H,4,6,8-9H2,1-3H3/t11-,13+/m0/s1. The first-order valence-corrected chi connectivity index (χ1v) is 8.70. The van der Waals surface area contributed by atoms with Gasteiger partial charge in [0.05, 0.1) is 11.9 Å². The molecule has 0 aliphatic carbocycles. The summed E-state index contributed by atoms with van der Waals surface area (Å²) in [4.78, 5) is 21.7. The molecule has 6 nitrogen and oxygen atoms in total. The minimum Gasteiger partial charge on any atom is -0.444 e. The number of rotatable bonds is 2. The molecular formula is C17H22ClFN4O2. The van der Waals surface area contributed by atoms with Crippen LogP contribution in [0.4, 0.5) is 9.18 Å². The van der Waals surface area contributed by atoms with E-state index in [1.54, 1.807) is 20.8 Å². The number of fused-ring (bicyclic) bond motifs is 1. The number of nitrogens with zero attached hydrogens (tertiary/aromatic N) is 4. The summed E-state index contributed by atoms with van der Waals surface area (Å²) in [5, 5.41) is 1.14. The number of piperidine rings is 1. The average molecular weight is 369 g/mol. The highest BCUT2D eigenvalue weighted by atomic mass is 35.5. The van der Waals surface area contributed by atoms with Crippen LogP contribution in [-0.4, -0.2) is 50.4 Å². The predicted molar refractivity (Wildman–Crippen MR) is 93.3 cm³/mol. The van der Waals surface area contributed by atoms with E-state index in [-0.39, 0.29) is 12.5 Å². The van der Waals surface area contributed by atoms with Gasteiger partial charge in [0.25, 0.3) is 0 Å². The molecule has 0 spiro atoms. The van der Waals surface area contributed by atoms with Gasteiger partial charge in [0, 0.05) is 25.2 Å². The van der Waals surface area contributed by atoms with Gasteiger partial charge in [-0.15, -0.1) is 0 Å².